The van der Waals surface area contributed by atoms with E-state index in [0.717, 1.165) is 0 Å². The van der Waals surface area contributed by atoms with E-state index in [0.29, 0.717) is 0 Å². The average molecular weight is 286 g/mol. The fraction of sp³-hybridized carbons (Fsp3) is 0.500. The molecule has 19 heavy (non-hydrogen) atoms. The number of carboxylic acids is 4. The fourth-order valence-corrected chi connectivity index (χ4v) is 0.505. The van der Waals surface area contributed by atoms with Crippen molar-refractivity contribution in [2.75, 3.05) is 0 Å². The summed E-state index contributed by atoms with van der Waals surface area (Å²) in [6, 6.07) is 0. The van der Waals surface area contributed by atoms with Gasteiger partial charge in [0.1, 0.15) is 0 Å². The quantitative estimate of drug-likeness (QED) is 0.290. The van der Waals surface area contributed by atoms with Crippen molar-refractivity contribution >= 4 is 23.9 Å². The Morgan fingerprint density at radius 3 is 0.947 bits per heavy atom. The lowest BCUT2D eigenvalue weighted by molar-refractivity contribution is -0.153. The topological polar surface area (TPSA) is 221 Å². The molecule has 0 aromatic carbocycles. The molecule has 0 amide bonds. The molecule has 11 nitrogen and oxygen atoms in total. The minimum absolute atomic E-state index is 0. The van der Waals surface area contributed by atoms with Crippen molar-refractivity contribution in [2.45, 2.75) is 25.0 Å². The number of aliphatic carboxylic acids is 4. The van der Waals surface area contributed by atoms with Crippen molar-refractivity contribution in [3.63, 3.8) is 0 Å². The van der Waals surface area contributed by atoms with E-state index < -0.39 is 48.9 Å². The second kappa shape index (κ2) is 10.9. The lowest BCUT2D eigenvalue weighted by atomic mass is 10.3. The van der Waals surface area contributed by atoms with Gasteiger partial charge in [0, 0.05) is 0 Å². The molecule has 0 fully saturated rings. The first kappa shape index (κ1) is 22.0. The molecular weight excluding hydrogens is 272 g/mol. The molecule has 11 heteroatoms. The molecule has 2 atom stereocenters. The lowest BCUT2D eigenvalue weighted by Crippen LogP contribution is -2.22. The van der Waals surface area contributed by atoms with Crippen molar-refractivity contribution in [3.05, 3.63) is 0 Å². The van der Waals surface area contributed by atoms with Crippen LogP contribution in [0.2, 0.25) is 0 Å². The second-order valence-electron chi connectivity index (χ2n) is 2.90. The molecule has 0 aromatic rings. The molecule has 0 saturated heterocycles. The number of aliphatic hydroxyl groups is 2. The maximum atomic E-state index is 9.72. The highest BCUT2D eigenvalue weighted by Crippen LogP contribution is 1.90. The third kappa shape index (κ3) is 15.8. The molecule has 0 saturated carbocycles. The van der Waals surface area contributed by atoms with Crippen molar-refractivity contribution in [1.82, 2.24) is 0 Å². The molecule has 112 valence electrons. The summed E-state index contributed by atoms with van der Waals surface area (Å²) in [6.07, 6.45) is -5.09. The van der Waals surface area contributed by atoms with Gasteiger partial charge in [-0.1, -0.05) is 0 Å². The third-order valence-electron chi connectivity index (χ3n) is 1.31. The minimum atomic E-state index is -1.79. The van der Waals surface area contributed by atoms with Crippen LogP contribution in [0, 0.1) is 0 Å². The second-order valence-corrected chi connectivity index (χ2v) is 2.90. The molecule has 0 spiro atoms. The van der Waals surface area contributed by atoms with Gasteiger partial charge in [-0.3, -0.25) is 9.59 Å². The van der Waals surface area contributed by atoms with Crippen LogP contribution in [-0.2, 0) is 19.2 Å². The van der Waals surface area contributed by atoms with Gasteiger partial charge in [0.05, 0.1) is 12.8 Å². The number of hydrogen-bond acceptors (Lipinski definition) is 6. The molecule has 0 aromatic heterocycles. The summed E-state index contributed by atoms with van der Waals surface area (Å²) in [5.41, 5.74) is 0. The van der Waals surface area contributed by atoms with Gasteiger partial charge in [-0.15, -0.1) is 0 Å². The van der Waals surface area contributed by atoms with Crippen LogP contribution in [0.1, 0.15) is 12.8 Å². The van der Waals surface area contributed by atoms with Crippen molar-refractivity contribution in [1.29, 1.82) is 0 Å². The summed E-state index contributed by atoms with van der Waals surface area (Å²) in [5.74, 6) is -5.69. The van der Waals surface area contributed by atoms with Crippen LogP contribution in [0.15, 0.2) is 0 Å². The molecule has 0 aliphatic carbocycles. The van der Waals surface area contributed by atoms with Crippen molar-refractivity contribution < 1.29 is 55.3 Å². The monoisotopic (exact) mass is 286 g/mol. The number of aliphatic hydroxyl groups excluding tert-OH is 2. The lowest BCUT2D eigenvalue weighted by Gasteiger charge is -1.97. The summed E-state index contributed by atoms with van der Waals surface area (Å²) in [7, 11) is 0. The summed E-state index contributed by atoms with van der Waals surface area (Å²) in [6.45, 7) is 0. The van der Waals surface area contributed by atoms with Crippen LogP contribution >= 0.6 is 0 Å². The van der Waals surface area contributed by atoms with Gasteiger partial charge >= 0.3 is 23.9 Å². The summed E-state index contributed by atoms with van der Waals surface area (Å²) >= 11 is 0. The third-order valence-corrected chi connectivity index (χ3v) is 1.31. The Labute approximate surface area is 105 Å². The van der Waals surface area contributed by atoms with Gasteiger partial charge in [0.2, 0.25) is 0 Å². The Morgan fingerprint density at radius 2 is 0.895 bits per heavy atom. The summed E-state index contributed by atoms with van der Waals surface area (Å²) in [4.78, 5) is 38.8. The first-order chi connectivity index (χ1) is 8.07. The average Bonchev–Trinajstić information content (AvgIpc) is 2.16. The summed E-state index contributed by atoms with van der Waals surface area (Å²) in [5, 5.41) is 48.3. The fourth-order valence-electron chi connectivity index (χ4n) is 0.505. The summed E-state index contributed by atoms with van der Waals surface area (Å²) < 4.78 is 0. The van der Waals surface area contributed by atoms with Crippen LogP contribution < -0.4 is 0 Å². The normalized spacial score (nSPS) is 11.9. The first-order valence-corrected chi connectivity index (χ1v) is 4.33. The van der Waals surface area contributed by atoms with E-state index in [9.17, 15) is 19.2 Å². The zero-order valence-electron chi connectivity index (χ0n) is 9.39. The Bertz CT molecular complexity index is 291. The highest BCUT2D eigenvalue weighted by molar-refractivity contribution is 5.79. The molecule has 0 bridgehead atoms. The maximum Gasteiger partial charge on any atom is 0.333 e. The highest BCUT2D eigenvalue weighted by Gasteiger charge is 2.16. The maximum absolute atomic E-state index is 9.72. The molecule has 0 radical (unpaired) electrons. The largest absolute Gasteiger partial charge is 0.481 e. The van der Waals surface area contributed by atoms with Crippen molar-refractivity contribution in [2.24, 2.45) is 0 Å². The predicted octanol–water partition coefficient (Wildman–Crippen LogP) is -3.01. The van der Waals surface area contributed by atoms with Crippen LogP contribution in [0.3, 0.4) is 0 Å². The molecule has 0 aliphatic heterocycles. The van der Waals surface area contributed by atoms with Gasteiger partial charge in [-0.05, 0) is 0 Å². The smallest absolute Gasteiger partial charge is 0.333 e. The molecule has 2 unspecified atom stereocenters. The Balaban J connectivity index is -0.000000256. The molecule has 0 aliphatic rings. The van der Waals surface area contributed by atoms with E-state index in [2.05, 4.69) is 0 Å². The number of carboxylic acid groups (broad SMARTS) is 4. The highest BCUT2D eigenvalue weighted by atomic mass is 16.4. The van der Waals surface area contributed by atoms with E-state index in [1.54, 1.807) is 0 Å². The number of hydrogen-bond donors (Lipinski definition) is 6. The standard InChI is InChI=1S/2C4H6O5.H2O/c2*5-2(4(8)9)1-3(6)7;/h2*2,5H,1H2,(H,6,7)(H,8,9);1H2. The Hall–Kier alpha value is -2.24. The van der Waals surface area contributed by atoms with Crippen LogP contribution in [-0.4, -0.2) is 72.2 Å². The van der Waals surface area contributed by atoms with E-state index in [-0.39, 0.29) is 5.48 Å². The first-order valence-electron chi connectivity index (χ1n) is 4.33. The SMILES string of the molecule is O.O=C(O)CC(O)C(=O)O.O=C(O)CC(O)C(=O)O. The van der Waals surface area contributed by atoms with Gasteiger partial charge < -0.3 is 36.1 Å². The minimum Gasteiger partial charge on any atom is -0.481 e. The van der Waals surface area contributed by atoms with E-state index in [1.165, 1.54) is 0 Å². The van der Waals surface area contributed by atoms with E-state index in [1.807, 2.05) is 0 Å². The molecular formula is C8H14O11. The zero-order chi connectivity index (χ0) is 14.9. The molecule has 0 rings (SSSR count). The van der Waals surface area contributed by atoms with Crippen LogP contribution in [0.4, 0.5) is 0 Å². The van der Waals surface area contributed by atoms with Gasteiger partial charge in [-0.2, -0.15) is 0 Å². The van der Waals surface area contributed by atoms with Crippen LogP contribution in [0.25, 0.3) is 0 Å². The Morgan fingerprint density at radius 1 is 0.684 bits per heavy atom. The van der Waals surface area contributed by atoms with E-state index >= 15 is 0 Å². The van der Waals surface area contributed by atoms with E-state index in [4.69, 9.17) is 30.6 Å². The van der Waals surface area contributed by atoms with Gasteiger partial charge in [0.15, 0.2) is 12.2 Å². The van der Waals surface area contributed by atoms with Gasteiger partial charge in [0.25, 0.3) is 0 Å². The van der Waals surface area contributed by atoms with Crippen LogP contribution in [0.5, 0.6) is 0 Å². The molecule has 8 N–H and O–H groups in total. The van der Waals surface area contributed by atoms with Crippen molar-refractivity contribution in [3.8, 4) is 0 Å². The Kier molecular flexibility index (Phi) is 12.6. The number of carbonyl (C=O) groups is 4. The van der Waals surface area contributed by atoms with Gasteiger partial charge in [-0.25, -0.2) is 9.59 Å². The predicted molar refractivity (Wildman–Crippen MR) is 55.4 cm³/mol. The number of rotatable bonds is 6. The molecule has 0 heterocycles. The zero-order valence-corrected chi connectivity index (χ0v) is 9.39.